The minimum Gasteiger partial charge on any atom is -0.380 e. The molecule has 17 heavy (non-hydrogen) atoms. The number of unbranched alkanes of at least 4 members (excludes halogenated alkanes) is 1. The highest BCUT2D eigenvalue weighted by Crippen LogP contribution is 2.18. The van der Waals surface area contributed by atoms with Crippen LogP contribution in [0.4, 0.5) is 0 Å². The van der Waals surface area contributed by atoms with Gasteiger partial charge in [0.05, 0.1) is 6.61 Å². The monoisotopic (exact) mass is 233 g/mol. The van der Waals surface area contributed by atoms with E-state index < -0.39 is 0 Å². The molecule has 1 aromatic rings. The molecule has 2 heteroatoms. The highest BCUT2D eigenvalue weighted by molar-refractivity contribution is 5.23. The van der Waals surface area contributed by atoms with Crippen molar-refractivity contribution in [2.24, 2.45) is 0 Å². The van der Waals surface area contributed by atoms with Crippen molar-refractivity contribution in [1.82, 2.24) is 5.32 Å². The predicted molar refractivity (Wildman–Crippen MR) is 71.1 cm³/mol. The Balaban J connectivity index is 1.64. The summed E-state index contributed by atoms with van der Waals surface area (Å²) in [5.41, 5.74) is 2.71. The van der Waals surface area contributed by atoms with Crippen LogP contribution >= 0.6 is 0 Å². The molecular weight excluding hydrogens is 210 g/mol. The molecule has 0 radical (unpaired) electrons. The van der Waals surface area contributed by atoms with Crippen LogP contribution in [0.2, 0.25) is 0 Å². The van der Waals surface area contributed by atoms with Crippen molar-refractivity contribution in [2.45, 2.75) is 44.8 Å². The molecule has 0 bridgehead atoms. The number of ether oxygens (including phenoxy) is 1. The molecule has 0 aliphatic heterocycles. The van der Waals surface area contributed by atoms with Crippen LogP contribution in [0.1, 0.15) is 36.8 Å². The Bertz CT molecular complexity index is 333. The van der Waals surface area contributed by atoms with Gasteiger partial charge in [-0.1, -0.05) is 24.3 Å². The van der Waals surface area contributed by atoms with Gasteiger partial charge < -0.3 is 10.1 Å². The quantitative estimate of drug-likeness (QED) is 0.697. The topological polar surface area (TPSA) is 21.3 Å². The third-order valence-electron chi connectivity index (χ3n) is 3.20. The van der Waals surface area contributed by atoms with Gasteiger partial charge in [0.2, 0.25) is 0 Å². The number of rotatable bonds is 8. The minimum atomic E-state index is 0.719. The summed E-state index contributed by atoms with van der Waals surface area (Å²) in [6, 6.07) is 9.58. The molecule has 0 unspecified atom stereocenters. The number of benzene rings is 1. The molecule has 1 N–H and O–H groups in total. The second-order valence-corrected chi connectivity index (χ2v) is 4.94. The third-order valence-corrected chi connectivity index (χ3v) is 3.20. The zero-order chi connectivity index (χ0) is 11.9. The summed E-state index contributed by atoms with van der Waals surface area (Å²) in [7, 11) is 1.75. The predicted octanol–water partition coefficient (Wildman–Crippen LogP) is 2.91. The molecule has 0 heterocycles. The first-order chi connectivity index (χ1) is 8.38. The Morgan fingerprint density at radius 2 is 2.06 bits per heavy atom. The number of hydrogen-bond donors (Lipinski definition) is 1. The van der Waals surface area contributed by atoms with Crippen LogP contribution in [0.15, 0.2) is 24.3 Å². The van der Waals surface area contributed by atoms with E-state index in [0.717, 1.165) is 12.6 Å². The summed E-state index contributed by atoms with van der Waals surface area (Å²) in [6.07, 6.45) is 6.52. The maximum atomic E-state index is 5.15. The first-order valence-corrected chi connectivity index (χ1v) is 6.68. The van der Waals surface area contributed by atoms with E-state index >= 15 is 0 Å². The van der Waals surface area contributed by atoms with E-state index in [-0.39, 0.29) is 0 Å². The molecule has 0 atom stereocenters. The van der Waals surface area contributed by atoms with E-state index in [1.165, 1.54) is 49.8 Å². The van der Waals surface area contributed by atoms with Crippen molar-refractivity contribution in [1.29, 1.82) is 0 Å². The van der Waals surface area contributed by atoms with E-state index in [2.05, 4.69) is 29.6 Å². The van der Waals surface area contributed by atoms with Gasteiger partial charge in [0.15, 0.2) is 0 Å². The summed E-state index contributed by atoms with van der Waals surface area (Å²) < 4.78 is 5.15. The van der Waals surface area contributed by atoms with Gasteiger partial charge in [-0.05, 0) is 49.8 Å². The van der Waals surface area contributed by atoms with Crippen LogP contribution in [0.25, 0.3) is 0 Å². The Morgan fingerprint density at radius 3 is 2.82 bits per heavy atom. The van der Waals surface area contributed by atoms with Crippen LogP contribution in [0.3, 0.4) is 0 Å². The molecule has 0 saturated heterocycles. The maximum Gasteiger partial charge on any atom is 0.0713 e. The molecule has 2 nitrogen and oxygen atoms in total. The lowest BCUT2D eigenvalue weighted by Gasteiger charge is -2.05. The van der Waals surface area contributed by atoms with Crippen molar-refractivity contribution in [2.75, 3.05) is 13.7 Å². The molecule has 0 spiro atoms. The second kappa shape index (κ2) is 6.77. The van der Waals surface area contributed by atoms with E-state index in [0.29, 0.717) is 0 Å². The van der Waals surface area contributed by atoms with Gasteiger partial charge in [-0.2, -0.15) is 0 Å². The lowest BCUT2D eigenvalue weighted by molar-refractivity contribution is 0.185. The fourth-order valence-corrected chi connectivity index (χ4v) is 2.09. The van der Waals surface area contributed by atoms with Gasteiger partial charge in [0.25, 0.3) is 0 Å². The van der Waals surface area contributed by atoms with E-state index in [1.54, 1.807) is 7.11 Å². The van der Waals surface area contributed by atoms with Gasteiger partial charge in [-0.3, -0.25) is 0 Å². The Labute approximate surface area is 104 Å². The largest absolute Gasteiger partial charge is 0.380 e. The van der Waals surface area contributed by atoms with E-state index in [1.807, 2.05) is 0 Å². The molecule has 2 rings (SSSR count). The average Bonchev–Trinajstić information content (AvgIpc) is 3.14. The van der Waals surface area contributed by atoms with E-state index in [9.17, 15) is 0 Å². The maximum absolute atomic E-state index is 5.15. The normalized spacial score (nSPS) is 15.1. The van der Waals surface area contributed by atoms with Crippen LogP contribution in [-0.4, -0.2) is 19.7 Å². The fourth-order valence-electron chi connectivity index (χ4n) is 2.09. The first kappa shape index (κ1) is 12.6. The zero-order valence-electron chi connectivity index (χ0n) is 10.7. The standard InChI is InChI=1S/C15H23NO/c1-17-12-14-7-4-6-13(11-14)5-2-3-10-16-15-8-9-15/h4,6-7,11,15-16H,2-3,5,8-10,12H2,1H3. The number of hydrogen-bond acceptors (Lipinski definition) is 2. The number of methoxy groups -OCH3 is 1. The number of nitrogens with one attached hydrogen (secondary N) is 1. The van der Waals surface area contributed by atoms with Gasteiger partial charge >= 0.3 is 0 Å². The minimum absolute atomic E-state index is 0.719. The fraction of sp³-hybridized carbons (Fsp3) is 0.600. The Kier molecular flexibility index (Phi) is 5.02. The molecule has 1 aliphatic rings. The molecule has 0 aromatic heterocycles. The summed E-state index contributed by atoms with van der Waals surface area (Å²) >= 11 is 0. The lowest BCUT2D eigenvalue weighted by atomic mass is 10.1. The highest BCUT2D eigenvalue weighted by Gasteiger charge is 2.19. The Hall–Kier alpha value is -0.860. The molecular formula is C15H23NO. The third kappa shape index (κ3) is 4.88. The van der Waals surface area contributed by atoms with Gasteiger partial charge in [-0.15, -0.1) is 0 Å². The molecule has 1 fully saturated rings. The molecule has 1 aliphatic carbocycles. The SMILES string of the molecule is COCc1cccc(CCCCNC2CC2)c1. The first-order valence-electron chi connectivity index (χ1n) is 6.68. The molecule has 1 aromatic carbocycles. The van der Waals surface area contributed by atoms with Crippen LogP contribution in [0.5, 0.6) is 0 Å². The highest BCUT2D eigenvalue weighted by atomic mass is 16.5. The van der Waals surface area contributed by atoms with Crippen LogP contribution < -0.4 is 5.32 Å². The lowest BCUT2D eigenvalue weighted by Crippen LogP contribution is -2.17. The van der Waals surface area contributed by atoms with Crippen molar-refractivity contribution in [3.05, 3.63) is 35.4 Å². The van der Waals surface area contributed by atoms with Gasteiger partial charge in [0, 0.05) is 13.2 Å². The van der Waals surface area contributed by atoms with Crippen molar-refractivity contribution >= 4 is 0 Å². The van der Waals surface area contributed by atoms with Crippen molar-refractivity contribution in [3.8, 4) is 0 Å². The summed E-state index contributed by atoms with van der Waals surface area (Å²) in [5.74, 6) is 0. The van der Waals surface area contributed by atoms with Gasteiger partial charge in [-0.25, -0.2) is 0 Å². The van der Waals surface area contributed by atoms with Crippen LogP contribution in [-0.2, 0) is 17.8 Å². The average molecular weight is 233 g/mol. The summed E-state index contributed by atoms with van der Waals surface area (Å²) in [4.78, 5) is 0. The smallest absolute Gasteiger partial charge is 0.0713 e. The summed E-state index contributed by atoms with van der Waals surface area (Å²) in [5, 5.41) is 3.55. The molecule has 0 amide bonds. The number of aryl methyl sites for hydroxylation is 1. The molecule has 94 valence electrons. The molecule has 1 saturated carbocycles. The Morgan fingerprint density at radius 1 is 1.24 bits per heavy atom. The van der Waals surface area contributed by atoms with Crippen LogP contribution in [0, 0.1) is 0 Å². The van der Waals surface area contributed by atoms with Gasteiger partial charge in [0.1, 0.15) is 0 Å². The van der Waals surface area contributed by atoms with E-state index in [4.69, 9.17) is 4.74 Å². The zero-order valence-corrected chi connectivity index (χ0v) is 10.7. The van der Waals surface area contributed by atoms with Crippen molar-refractivity contribution < 1.29 is 4.74 Å². The summed E-state index contributed by atoms with van der Waals surface area (Å²) in [6.45, 7) is 1.90. The van der Waals surface area contributed by atoms with Crippen molar-refractivity contribution in [3.63, 3.8) is 0 Å². The second-order valence-electron chi connectivity index (χ2n) is 4.94.